The van der Waals surface area contributed by atoms with Crippen LogP contribution >= 0.6 is 0 Å². The monoisotopic (exact) mass is 159 g/mol. The lowest BCUT2D eigenvalue weighted by Gasteiger charge is -2.00. The fraction of sp³-hybridized carbons (Fsp3) is 0.100. The molecule has 2 heteroatoms. The number of phenolic OH excluding ortho intramolecular Hbond substituents is 1. The number of nitriles is 1. The zero-order chi connectivity index (χ0) is 8.97. The molecule has 1 N–H and O–H groups in total. The number of allylic oxidation sites excluding steroid dienone is 1. The van der Waals surface area contributed by atoms with Crippen molar-refractivity contribution in [3.63, 3.8) is 0 Å². The summed E-state index contributed by atoms with van der Waals surface area (Å²) in [5.74, 6) is 0.186. The Kier molecular flexibility index (Phi) is 2.49. The summed E-state index contributed by atoms with van der Waals surface area (Å²) in [5, 5.41) is 17.8. The molecule has 0 aliphatic heterocycles. The maximum Gasteiger partial charge on any atom is 0.115 e. The SMILES string of the molecule is C=CCc1cc(O)ccc1C#N. The Labute approximate surface area is 71.4 Å². The van der Waals surface area contributed by atoms with Crippen molar-refractivity contribution in [2.24, 2.45) is 0 Å². The number of nitrogens with zero attached hydrogens (tertiary/aromatic N) is 1. The smallest absolute Gasteiger partial charge is 0.115 e. The summed E-state index contributed by atoms with van der Waals surface area (Å²) in [7, 11) is 0. The molecule has 1 aromatic rings. The lowest BCUT2D eigenvalue weighted by atomic mass is 10.1. The van der Waals surface area contributed by atoms with Gasteiger partial charge in [-0.15, -0.1) is 6.58 Å². The van der Waals surface area contributed by atoms with Gasteiger partial charge in [0.15, 0.2) is 0 Å². The maximum absolute atomic E-state index is 9.12. The molecule has 0 saturated heterocycles. The Balaban J connectivity index is 3.14. The number of phenols is 1. The highest BCUT2D eigenvalue weighted by Crippen LogP contribution is 2.16. The largest absolute Gasteiger partial charge is 0.508 e. The van der Waals surface area contributed by atoms with E-state index in [0.717, 1.165) is 5.56 Å². The third kappa shape index (κ3) is 1.64. The van der Waals surface area contributed by atoms with Gasteiger partial charge < -0.3 is 5.11 Å². The number of benzene rings is 1. The zero-order valence-corrected chi connectivity index (χ0v) is 6.62. The molecular formula is C10H9NO. The molecule has 12 heavy (non-hydrogen) atoms. The molecule has 2 nitrogen and oxygen atoms in total. The van der Waals surface area contributed by atoms with E-state index >= 15 is 0 Å². The quantitative estimate of drug-likeness (QED) is 0.670. The summed E-state index contributed by atoms with van der Waals surface area (Å²) in [5.41, 5.74) is 1.40. The molecule has 0 aliphatic rings. The highest BCUT2D eigenvalue weighted by molar-refractivity contribution is 5.42. The van der Waals surface area contributed by atoms with Crippen molar-refractivity contribution in [1.29, 1.82) is 5.26 Å². The van der Waals surface area contributed by atoms with Crippen molar-refractivity contribution in [2.75, 3.05) is 0 Å². The summed E-state index contributed by atoms with van der Waals surface area (Å²) >= 11 is 0. The number of rotatable bonds is 2. The lowest BCUT2D eigenvalue weighted by Crippen LogP contribution is -1.86. The number of hydrogen-bond acceptors (Lipinski definition) is 2. The van der Waals surface area contributed by atoms with Crippen molar-refractivity contribution in [2.45, 2.75) is 6.42 Å². The second-order valence-corrected chi connectivity index (χ2v) is 2.45. The van der Waals surface area contributed by atoms with Crippen molar-refractivity contribution in [1.82, 2.24) is 0 Å². The van der Waals surface area contributed by atoms with Crippen molar-refractivity contribution in [3.05, 3.63) is 42.0 Å². The van der Waals surface area contributed by atoms with Gasteiger partial charge in [-0.3, -0.25) is 0 Å². The molecule has 0 fully saturated rings. The van der Waals surface area contributed by atoms with E-state index in [1.54, 1.807) is 18.2 Å². The number of aromatic hydroxyl groups is 1. The van der Waals surface area contributed by atoms with Crippen LogP contribution in [0.4, 0.5) is 0 Å². The lowest BCUT2D eigenvalue weighted by molar-refractivity contribution is 0.474. The van der Waals surface area contributed by atoms with Crippen LogP contribution in [0.3, 0.4) is 0 Å². The van der Waals surface area contributed by atoms with Gasteiger partial charge in [0, 0.05) is 0 Å². The van der Waals surface area contributed by atoms with Crippen LogP contribution < -0.4 is 0 Å². The first kappa shape index (κ1) is 8.35. The van der Waals surface area contributed by atoms with E-state index < -0.39 is 0 Å². The minimum atomic E-state index is 0.186. The molecule has 0 unspecified atom stereocenters. The Morgan fingerprint density at radius 2 is 2.33 bits per heavy atom. The summed E-state index contributed by atoms with van der Waals surface area (Å²) in [4.78, 5) is 0. The molecule has 0 amide bonds. The summed E-state index contributed by atoms with van der Waals surface area (Å²) in [6.07, 6.45) is 2.31. The van der Waals surface area contributed by atoms with E-state index in [2.05, 4.69) is 6.58 Å². The van der Waals surface area contributed by atoms with Gasteiger partial charge in [-0.05, 0) is 30.2 Å². The van der Waals surface area contributed by atoms with Gasteiger partial charge in [-0.2, -0.15) is 5.26 Å². The molecule has 60 valence electrons. The van der Waals surface area contributed by atoms with Crippen LogP contribution in [0.25, 0.3) is 0 Å². The van der Waals surface area contributed by atoms with Gasteiger partial charge in [-0.1, -0.05) is 6.08 Å². The standard InChI is InChI=1S/C10H9NO/c1-2-3-8-6-10(12)5-4-9(8)7-11/h2,4-6,12H,1,3H2. The molecule has 1 aromatic carbocycles. The topological polar surface area (TPSA) is 44.0 Å². The van der Waals surface area contributed by atoms with Gasteiger partial charge in [0.2, 0.25) is 0 Å². The van der Waals surface area contributed by atoms with E-state index in [1.165, 1.54) is 6.07 Å². The van der Waals surface area contributed by atoms with Crippen LogP contribution in [-0.2, 0) is 6.42 Å². The van der Waals surface area contributed by atoms with Gasteiger partial charge in [-0.25, -0.2) is 0 Å². The van der Waals surface area contributed by atoms with Gasteiger partial charge in [0.05, 0.1) is 11.6 Å². The van der Waals surface area contributed by atoms with E-state index in [0.29, 0.717) is 12.0 Å². The molecule has 0 spiro atoms. The second-order valence-electron chi connectivity index (χ2n) is 2.45. The van der Waals surface area contributed by atoms with Crippen LogP contribution in [0.1, 0.15) is 11.1 Å². The first-order valence-electron chi connectivity index (χ1n) is 3.61. The van der Waals surface area contributed by atoms with E-state index in [4.69, 9.17) is 10.4 Å². The van der Waals surface area contributed by atoms with Crippen LogP contribution in [-0.4, -0.2) is 5.11 Å². The van der Waals surface area contributed by atoms with Crippen LogP contribution in [0.5, 0.6) is 5.75 Å². The fourth-order valence-corrected chi connectivity index (χ4v) is 1.01. The molecule has 0 heterocycles. The molecule has 0 atom stereocenters. The first-order chi connectivity index (χ1) is 5.77. The third-order valence-electron chi connectivity index (χ3n) is 1.57. The Morgan fingerprint density at radius 3 is 2.92 bits per heavy atom. The normalized spacial score (nSPS) is 8.92. The molecule has 0 saturated carbocycles. The molecular weight excluding hydrogens is 150 g/mol. The Bertz CT molecular complexity index is 336. The highest BCUT2D eigenvalue weighted by Gasteiger charge is 2.00. The van der Waals surface area contributed by atoms with Crippen LogP contribution in [0, 0.1) is 11.3 Å². The van der Waals surface area contributed by atoms with E-state index in [-0.39, 0.29) is 5.75 Å². The Morgan fingerprint density at radius 1 is 1.58 bits per heavy atom. The predicted octanol–water partition coefficient (Wildman–Crippen LogP) is 1.99. The van der Waals surface area contributed by atoms with Crippen LogP contribution in [0.2, 0.25) is 0 Å². The molecule has 0 radical (unpaired) electrons. The molecule has 0 aliphatic carbocycles. The average Bonchev–Trinajstić information content (AvgIpc) is 2.05. The van der Waals surface area contributed by atoms with E-state index in [9.17, 15) is 0 Å². The Hall–Kier alpha value is -1.75. The summed E-state index contributed by atoms with van der Waals surface area (Å²) in [6, 6.07) is 6.74. The predicted molar refractivity (Wildman–Crippen MR) is 46.7 cm³/mol. The minimum Gasteiger partial charge on any atom is -0.508 e. The van der Waals surface area contributed by atoms with Gasteiger partial charge >= 0.3 is 0 Å². The third-order valence-corrected chi connectivity index (χ3v) is 1.57. The fourth-order valence-electron chi connectivity index (χ4n) is 1.01. The number of hydrogen-bond donors (Lipinski definition) is 1. The molecule has 0 aromatic heterocycles. The molecule has 0 bridgehead atoms. The summed E-state index contributed by atoms with van der Waals surface area (Å²) in [6.45, 7) is 3.57. The first-order valence-corrected chi connectivity index (χ1v) is 3.61. The molecule has 1 rings (SSSR count). The van der Waals surface area contributed by atoms with Crippen LogP contribution in [0.15, 0.2) is 30.9 Å². The zero-order valence-electron chi connectivity index (χ0n) is 6.62. The van der Waals surface area contributed by atoms with Gasteiger partial charge in [0.25, 0.3) is 0 Å². The van der Waals surface area contributed by atoms with Crippen molar-refractivity contribution < 1.29 is 5.11 Å². The van der Waals surface area contributed by atoms with Crippen molar-refractivity contribution in [3.8, 4) is 11.8 Å². The van der Waals surface area contributed by atoms with E-state index in [1.807, 2.05) is 6.07 Å². The highest BCUT2D eigenvalue weighted by atomic mass is 16.3. The van der Waals surface area contributed by atoms with Gasteiger partial charge in [0.1, 0.15) is 5.75 Å². The van der Waals surface area contributed by atoms with Crippen molar-refractivity contribution >= 4 is 0 Å². The average molecular weight is 159 g/mol. The minimum absolute atomic E-state index is 0.186. The summed E-state index contributed by atoms with van der Waals surface area (Å²) < 4.78 is 0. The second kappa shape index (κ2) is 3.59. The maximum atomic E-state index is 9.12.